The van der Waals surface area contributed by atoms with Crippen molar-refractivity contribution in [2.75, 3.05) is 24.1 Å². The number of carbonyl (C=O) groups is 1. The van der Waals surface area contributed by atoms with Crippen LogP contribution < -0.4 is 10.0 Å². The topological polar surface area (TPSA) is 95.5 Å². The van der Waals surface area contributed by atoms with Gasteiger partial charge in [-0.15, -0.1) is 0 Å². The van der Waals surface area contributed by atoms with Gasteiger partial charge in [0.1, 0.15) is 5.78 Å². The van der Waals surface area contributed by atoms with E-state index in [0.717, 1.165) is 43.5 Å². The number of aliphatic hydroxyl groups excluding tert-OH is 1. The lowest BCUT2D eigenvalue weighted by molar-refractivity contribution is -0.119. The first-order chi connectivity index (χ1) is 13.3. The average molecular weight is 411 g/mol. The summed E-state index contributed by atoms with van der Waals surface area (Å²) in [7, 11) is -3.29. The van der Waals surface area contributed by atoms with Crippen molar-refractivity contribution in [3.05, 3.63) is 29.8 Å². The van der Waals surface area contributed by atoms with Gasteiger partial charge in [-0.3, -0.25) is 9.52 Å². The van der Waals surface area contributed by atoms with Gasteiger partial charge < -0.3 is 10.4 Å². The fraction of sp³-hybridized carbons (Fsp3) is 0.667. The molecule has 1 fully saturated rings. The Morgan fingerprint density at radius 2 is 1.82 bits per heavy atom. The number of rotatable bonds is 13. The number of Topliss-reactive ketones (excluding diaryl/α,β-unsaturated/α-hetero) is 1. The molecule has 7 heteroatoms. The zero-order valence-corrected chi connectivity index (χ0v) is 17.6. The summed E-state index contributed by atoms with van der Waals surface area (Å²) in [6, 6.07) is 6.76. The summed E-state index contributed by atoms with van der Waals surface area (Å²) in [5.41, 5.74) is 1.25. The Balaban J connectivity index is 1.54. The Kier molecular flexibility index (Phi) is 9.41. The Hall–Kier alpha value is -1.44. The number of benzene rings is 1. The molecule has 28 heavy (non-hydrogen) atoms. The Labute approximate surface area is 169 Å². The van der Waals surface area contributed by atoms with Crippen molar-refractivity contribution in [2.45, 2.75) is 63.9 Å². The van der Waals surface area contributed by atoms with Crippen LogP contribution in [-0.4, -0.2) is 38.7 Å². The van der Waals surface area contributed by atoms with Crippen LogP contribution in [-0.2, 0) is 14.8 Å². The van der Waals surface area contributed by atoms with Gasteiger partial charge in [-0.05, 0) is 49.4 Å². The summed E-state index contributed by atoms with van der Waals surface area (Å²) < 4.78 is 24.8. The van der Waals surface area contributed by atoms with Crippen LogP contribution in [0.15, 0.2) is 24.3 Å². The monoisotopic (exact) mass is 410 g/mol. The summed E-state index contributed by atoms with van der Waals surface area (Å²) >= 11 is 0. The molecule has 0 heterocycles. The van der Waals surface area contributed by atoms with Gasteiger partial charge in [0.15, 0.2) is 0 Å². The smallest absolute Gasteiger partial charge is 0.229 e. The molecule has 0 aromatic heterocycles. The van der Waals surface area contributed by atoms with E-state index in [2.05, 4.69) is 10.0 Å². The van der Waals surface area contributed by atoms with Gasteiger partial charge in [0.05, 0.1) is 12.4 Å². The van der Waals surface area contributed by atoms with Crippen LogP contribution in [0.1, 0.15) is 69.5 Å². The second-order valence-corrected chi connectivity index (χ2v) is 9.63. The van der Waals surface area contributed by atoms with Crippen LogP contribution in [0.4, 0.5) is 5.69 Å². The maximum Gasteiger partial charge on any atom is 0.229 e. The normalized spacial score (nSPS) is 16.2. The molecule has 1 saturated carbocycles. The lowest BCUT2D eigenvalue weighted by atomic mass is 9.99. The molecule has 0 saturated heterocycles. The number of sulfonamides is 1. The number of aliphatic hydroxyl groups is 1. The molecule has 6 nitrogen and oxygen atoms in total. The number of carbonyl (C=O) groups excluding carboxylic acids is 1. The zero-order chi connectivity index (χ0) is 20.4. The molecule has 0 bridgehead atoms. The quantitative estimate of drug-likeness (QED) is 0.433. The number of anilines is 1. The summed E-state index contributed by atoms with van der Waals surface area (Å²) in [5, 5.41) is 13.5. The minimum absolute atomic E-state index is 0.349. The van der Waals surface area contributed by atoms with Crippen LogP contribution in [0.25, 0.3) is 0 Å². The van der Waals surface area contributed by atoms with Gasteiger partial charge in [0.25, 0.3) is 0 Å². The molecule has 158 valence electrons. The predicted octanol–water partition coefficient (Wildman–Crippen LogP) is 3.39. The highest BCUT2D eigenvalue weighted by Gasteiger charge is 2.16. The lowest BCUT2D eigenvalue weighted by Crippen LogP contribution is -2.20. The van der Waals surface area contributed by atoms with Crippen LogP contribution in [0.2, 0.25) is 0 Å². The molecule has 0 aliphatic heterocycles. The Bertz CT molecular complexity index is 698. The number of ketones is 1. The summed E-state index contributed by atoms with van der Waals surface area (Å²) in [6.45, 7) is 1.46. The summed E-state index contributed by atoms with van der Waals surface area (Å²) in [5.74, 6) is 1.12. The van der Waals surface area contributed by atoms with E-state index < -0.39 is 16.1 Å². The van der Waals surface area contributed by atoms with E-state index >= 15 is 0 Å². The van der Waals surface area contributed by atoms with Crippen LogP contribution in [0.3, 0.4) is 0 Å². The molecule has 1 unspecified atom stereocenters. The first-order valence-electron chi connectivity index (χ1n) is 10.3. The molecular formula is C21H34N2O4S. The second-order valence-electron chi connectivity index (χ2n) is 7.88. The highest BCUT2D eigenvalue weighted by atomic mass is 32.2. The molecule has 0 amide bonds. The van der Waals surface area contributed by atoms with E-state index in [4.69, 9.17) is 0 Å². The van der Waals surface area contributed by atoms with Gasteiger partial charge >= 0.3 is 0 Å². The van der Waals surface area contributed by atoms with Crippen molar-refractivity contribution >= 4 is 21.5 Å². The third-order valence-electron chi connectivity index (χ3n) is 5.32. The molecule has 1 aromatic carbocycles. The fourth-order valence-corrected chi connectivity index (χ4v) is 4.28. The van der Waals surface area contributed by atoms with Gasteiger partial charge in [0.2, 0.25) is 10.0 Å². The van der Waals surface area contributed by atoms with E-state index in [9.17, 15) is 18.3 Å². The minimum atomic E-state index is -3.29. The molecule has 3 N–H and O–H groups in total. The summed E-state index contributed by atoms with van der Waals surface area (Å²) in [4.78, 5) is 11.9. The fourth-order valence-electron chi connectivity index (χ4n) is 3.72. The first-order valence-corrected chi connectivity index (χ1v) is 12.2. The van der Waals surface area contributed by atoms with Crippen molar-refractivity contribution in [2.24, 2.45) is 5.92 Å². The molecule has 0 radical (unpaired) electrons. The Morgan fingerprint density at radius 1 is 1.14 bits per heavy atom. The van der Waals surface area contributed by atoms with Crippen LogP contribution in [0, 0.1) is 5.92 Å². The van der Waals surface area contributed by atoms with Crippen LogP contribution in [0.5, 0.6) is 0 Å². The van der Waals surface area contributed by atoms with Gasteiger partial charge in [-0.2, -0.15) is 0 Å². The van der Waals surface area contributed by atoms with Gasteiger partial charge in [-0.1, -0.05) is 37.8 Å². The predicted molar refractivity (Wildman–Crippen MR) is 113 cm³/mol. The molecule has 0 spiro atoms. The molecule has 1 aromatic rings. The average Bonchev–Trinajstić information content (AvgIpc) is 3.15. The number of nitrogens with one attached hydrogen (secondary N) is 2. The highest BCUT2D eigenvalue weighted by Crippen LogP contribution is 2.28. The largest absolute Gasteiger partial charge is 0.388 e. The number of hydrogen-bond donors (Lipinski definition) is 3. The third kappa shape index (κ3) is 9.17. The molecular weight excluding hydrogens is 376 g/mol. The Morgan fingerprint density at radius 3 is 2.46 bits per heavy atom. The van der Waals surface area contributed by atoms with E-state index in [-0.39, 0.29) is 0 Å². The SMILES string of the molecule is CS(=O)(=O)Nc1ccc(C(O)CCCNCCC(=O)CCC2CCCC2)cc1. The number of hydrogen-bond acceptors (Lipinski definition) is 5. The molecule has 1 aliphatic carbocycles. The van der Waals surface area contributed by atoms with Crippen molar-refractivity contribution in [1.82, 2.24) is 5.32 Å². The maximum absolute atomic E-state index is 11.9. The maximum atomic E-state index is 11.9. The molecule has 1 atom stereocenters. The summed E-state index contributed by atoms with van der Waals surface area (Å²) in [6.07, 6.45) is 9.55. The standard InChI is InChI=1S/C21H34N2O4S/c1-28(26,27)23-19-11-9-18(10-12-19)21(25)7-4-15-22-16-14-20(24)13-8-17-5-2-3-6-17/h9-12,17,21-23,25H,2-8,13-16H2,1H3. The third-order valence-corrected chi connectivity index (χ3v) is 5.92. The molecule has 2 rings (SSSR count). The minimum Gasteiger partial charge on any atom is -0.388 e. The lowest BCUT2D eigenvalue weighted by Gasteiger charge is -2.12. The van der Waals surface area contributed by atoms with E-state index in [0.29, 0.717) is 30.9 Å². The zero-order valence-electron chi connectivity index (χ0n) is 16.8. The van der Waals surface area contributed by atoms with E-state index in [1.54, 1.807) is 24.3 Å². The van der Waals surface area contributed by atoms with E-state index in [1.807, 2.05) is 0 Å². The van der Waals surface area contributed by atoms with E-state index in [1.165, 1.54) is 25.7 Å². The van der Waals surface area contributed by atoms with Gasteiger partial charge in [-0.25, -0.2) is 8.42 Å². The van der Waals surface area contributed by atoms with Crippen molar-refractivity contribution in [1.29, 1.82) is 0 Å². The van der Waals surface area contributed by atoms with Crippen molar-refractivity contribution in [3.63, 3.8) is 0 Å². The van der Waals surface area contributed by atoms with Crippen molar-refractivity contribution < 1.29 is 18.3 Å². The first kappa shape index (κ1) is 22.8. The van der Waals surface area contributed by atoms with Crippen LogP contribution >= 0.6 is 0 Å². The van der Waals surface area contributed by atoms with Gasteiger partial charge in [0, 0.05) is 25.1 Å². The molecule has 1 aliphatic rings. The van der Waals surface area contributed by atoms with Crippen molar-refractivity contribution in [3.8, 4) is 0 Å². The second kappa shape index (κ2) is 11.5. The highest BCUT2D eigenvalue weighted by molar-refractivity contribution is 7.92.